The van der Waals surface area contributed by atoms with Crippen molar-refractivity contribution in [2.24, 2.45) is 4.99 Å². The maximum Gasteiger partial charge on any atom is 0.215 e. The highest BCUT2D eigenvalue weighted by Gasteiger charge is 2.16. The Morgan fingerprint density at radius 1 is 1.27 bits per heavy atom. The van der Waals surface area contributed by atoms with E-state index in [0.717, 1.165) is 0 Å². The van der Waals surface area contributed by atoms with Gasteiger partial charge >= 0.3 is 0 Å². The molecule has 0 spiro atoms. The van der Waals surface area contributed by atoms with Crippen molar-refractivity contribution in [3.8, 4) is 0 Å². The standard InChI is InChI=1S/C7H5Cl2NO/c1-10-4-2-5(8)7(11)6(9)3-4/h2-3H,1H3. The number of hydrogen-bond donors (Lipinski definition) is 0. The van der Waals surface area contributed by atoms with Crippen molar-refractivity contribution in [1.29, 1.82) is 0 Å². The summed E-state index contributed by atoms with van der Waals surface area (Å²) in [5.41, 5.74) is 0.611. The lowest BCUT2D eigenvalue weighted by molar-refractivity contribution is -0.111. The van der Waals surface area contributed by atoms with Crippen molar-refractivity contribution in [3.63, 3.8) is 0 Å². The van der Waals surface area contributed by atoms with Crippen molar-refractivity contribution in [2.45, 2.75) is 0 Å². The minimum atomic E-state index is -0.347. The van der Waals surface area contributed by atoms with Crippen LogP contribution in [-0.2, 0) is 4.79 Å². The van der Waals surface area contributed by atoms with Gasteiger partial charge in [-0.15, -0.1) is 0 Å². The molecule has 1 rings (SSSR count). The highest BCUT2D eigenvalue weighted by atomic mass is 35.5. The number of halogens is 2. The Balaban J connectivity index is 3.07. The highest BCUT2D eigenvalue weighted by Crippen LogP contribution is 2.18. The second-order valence-electron chi connectivity index (χ2n) is 1.96. The predicted molar refractivity (Wildman–Crippen MR) is 46.2 cm³/mol. The topological polar surface area (TPSA) is 29.4 Å². The third-order valence-corrected chi connectivity index (χ3v) is 1.80. The van der Waals surface area contributed by atoms with Crippen molar-refractivity contribution in [1.82, 2.24) is 0 Å². The van der Waals surface area contributed by atoms with Crippen LogP contribution in [-0.4, -0.2) is 18.5 Å². The number of aliphatic imine (C=N–C) groups is 1. The van der Waals surface area contributed by atoms with Crippen molar-refractivity contribution >= 4 is 34.7 Å². The summed E-state index contributed by atoms with van der Waals surface area (Å²) in [4.78, 5) is 14.8. The van der Waals surface area contributed by atoms with Crippen LogP contribution in [0.25, 0.3) is 0 Å². The Hall–Kier alpha value is -0.600. The molecule has 0 aromatic heterocycles. The number of hydrogen-bond acceptors (Lipinski definition) is 2. The molecular formula is C7H5Cl2NO. The molecule has 0 aromatic carbocycles. The van der Waals surface area contributed by atoms with E-state index in [-0.39, 0.29) is 15.8 Å². The van der Waals surface area contributed by atoms with E-state index in [0.29, 0.717) is 5.71 Å². The summed E-state index contributed by atoms with van der Waals surface area (Å²) in [7, 11) is 1.60. The number of carbonyl (C=O) groups is 1. The summed E-state index contributed by atoms with van der Waals surface area (Å²) < 4.78 is 0. The van der Waals surface area contributed by atoms with Gasteiger partial charge in [0.05, 0.1) is 15.8 Å². The molecule has 1 aliphatic carbocycles. The minimum Gasteiger partial charge on any atom is -0.289 e. The molecule has 58 valence electrons. The van der Waals surface area contributed by atoms with E-state index < -0.39 is 0 Å². The van der Waals surface area contributed by atoms with E-state index in [1.54, 1.807) is 7.05 Å². The molecule has 0 aromatic rings. The zero-order valence-electron chi connectivity index (χ0n) is 5.77. The van der Waals surface area contributed by atoms with E-state index in [4.69, 9.17) is 23.2 Å². The normalized spacial score (nSPS) is 17.7. The van der Waals surface area contributed by atoms with Gasteiger partial charge in [-0.25, -0.2) is 0 Å². The molecule has 4 heteroatoms. The zero-order chi connectivity index (χ0) is 8.43. The molecule has 0 aliphatic heterocycles. The number of rotatable bonds is 0. The molecule has 0 saturated heterocycles. The molecule has 11 heavy (non-hydrogen) atoms. The van der Waals surface area contributed by atoms with Gasteiger partial charge in [-0.2, -0.15) is 0 Å². The van der Waals surface area contributed by atoms with E-state index in [9.17, 15) is 4.79 Å². The zero-order valence-corrected chi connectivity index (χ0v) is 7.28. The predicted octanol–water partition coefficient (Wildman–Crippen LogP) is 1.89. The van der Waals surface area contributed by atoms with E-state index in [2.05, 4.69) is 4.99 Å². The number of allylic oxidation sites excluding steroid dienone is 4. The van der Waals surface area contributed by atoms with Gasteiger partial charge in [0.25, 0.3) is 0 Å². The van der Waals surface area contributed by atoms with Gasteiger partial charge in [0, 0.05) is 7.05 Å². The fourth-order valence-corrected chi connectivity index (χ4v) is 1.15. The van der Waals surface area contributed by atoms with E-state index in [1.165, 1.54) is 12.2 Å². The van der Waals surface area contributed by atoms with Crippen LogP contribution >= 0.6 is 23.2 Å². The van der Waals surface area contributed by atoms with Gasteiger partial charge in [0.2, 0.25) is 5.78 Å². The quantitative estimate of drug-likeness (QED) is 0.536. The third kappa shape index (κ3) is 1.70. The average Bonchev–Trinajstić information content (AvgIpc) is 1.99. The molecule has 2 nitrogen and oxygen atoms in total. The van der Waals surface area contributed by atoms with Gasteiger partial charge in [-0.05, 0) is 12.2 Å². The van der Waals surface area contributed by atoms with Crippen LogP contribution < -0.4 is 0 Å². The third-order valence-electron chi connectivity index (χ3n) is 1.24. The van der Waals surface area contributed by atoms with Crippen molar-refractivity contribution in [2.75, 3.05) is 7.05 Å². The smallest absolute Gasteiger partial charge is 0.215 e. The Bertz CT molecular complexity index is 265. The van der Waals surface area contributed by atoms with E-state index in [1.807, 2.05) is 0 Å². The van der Waals surface area contributed by atoms with Crippen molar-refractivity contribution < 1.29 is 4.79 Å². The van der Waals surface area contributed by atoms with Gasteiger partial charge in [-0.3, -0.25) is 9.79 Å². The van der Waals surface area contributed by atoms with E-state index >= 15 is 0 Å². The maximum absolute atomic E-state index is 10.9. The molecule has 0 fully saturated rings. The Morgan fingerprint density at radius 3 is 2.09 bits per heavy atom. The molecule has 0 unspecified atom stereocenters. The fraction of sp³-hybridized carbons (Fsp3) is 0.143. The Morgan fingerprint density at radius 2 is 1.73 bits per heavy atom. The lowest BCUT2D eigenvalue weighted by Crippen LogP contribution is -2.07. The summed E-state index contributed by atoms with van der Waals surface area (Å²) in [6.45, 7) is 0. The second kappa shape index (κ2) is 3.20. The van der Waals surface area contributed by atoms with Crippen LogP contribution in [0.1, 0.15) is 0 Å². The summed E-state index contributed by atoms with van der Waals surface area (Å²) in [5, 5.41) is 0.219. The van der Waals surface area contributed by atoms with Crippen LogP contribution in [0.15, 0.2) is 27.2 Å². The lowest BCUT2D eigenvalue weighted by Gasteiger charge is -2.03. The Labute approximate surface area is 74.2 Å². The Kier molecular flexibility index (Phi) is 2.47. The monoisotopic (exact) mass is 189 g/mol. The number of ketones is 1. The van der Waals surface area contributed by atoms with Crippen LogP contribution in [0, 0.1) is 0 Å². The van der Waals surface area contributed by atoms with Gasteiger partial charge in [-0.1, -0.05) is 23.2 Å². The van der Waals surface area contributed by atoms with Crippen LogP contribution in [0.4, 0.5) is 0 Å². The number of carbonyl (C=O) groups excluding carboxylic acids is 1. The minimum absolute atomic E-state index is 0.109. The first-order chi connectivity index (χ1) is 5.15. The average molecular weight is 190 g/mol. The summed E-state index contributed by atoms with van der Waals surface area (Å²) in [6.07, 6.45) is 2.96. The van der Waals surface area contributed by atoms with Crippen LogP contribution in [0.2, 0.25) is 0 Å². The van der Waals surface area contributed by atoms with Crippen LogP contribution in [0.3, 0.4) is 0 Å². The lowest BCUT2D eigenvalue weighted by atomic mass is 10.1. The highest BCUT2D eigenvalue weighted by molar-refractivity contribution is 6.57. The molecule has 0 atom stereocenters. The second-order valence-corrected chi connectivity index (χ2v) is 2.78. The number of Topliss-reactive ketones (excluding diaryl/α,β-unsaturated/α-hetero) is 1. The first kappa shape index (κ1) is 8.50. The molecule has 0 heterocycles. The number of nitrogens with zero attached hydrogens (tertiary/aromatic N) is 1. The maximum atomic E-state index is 10.9. The fourth-order valence-electron chi connectivity index (χ4n) is 0.676. The largest absolute Gasteiger partial charge is 0.289 e. The molecule has 0 amide bonds. The van der Waals surface area contributed by atoms with Crippen molar-refractivity contribution in [3.05, 3.63) is 22.2 Å². The molecular weight excluding hydrogens is 185 g/mol. The molecule has 0 radical (unpaired) electrons. The van der Waals surface area contributed by atoms with Gasteiger partial charge in [0.15, 0.2) is 0 Å². The molecule has 0 bridgehead atoms. The summed E-state index contributed by atoms with van der Waals surface area (Å²) in [5.74, 6) is -0.347. The molecule has 0 saturated carbocycles. The molecule has 1 aliphatic rings. The summed E-state index contributed by atoms with van der Waals surface area (Å²) in [6, 6.07) is 0. The first-order valence-electron chi connectivity index (χ1n) is 2.91. The van der Waals surface area contributed by atoms with Crippen LogP contribution in [0.5, 0.6) is 0 Å². The first-order valence-corrected chi connectivity index (χ1v) is 3.66. The summed E-state index contributed by atoms with van der Waals surface area (Å²) >= 11 is 11.1. The van der Waals surface area contributed by atoms with Gasteiger partial charge in [0.1, 0.15) is 0 Å². The van der Waals surface area contributed by atoms with Gasteiger partial charge < -0.3 is 0 Å². The molecule has 0 N–H and O–H groups in total. The SMILES string of the molecule is CN=C1C=C(Cl)C(=O)C(Cl)=C1.